The van der Waals surface area contributed by atoms with E-state index >= 15 is 0 Å². The smallest absolute Gasteiger partial charge is 0.370 e. The second-order valence-electron chi connectivity index (χ2n) is 8.21. The Labute approximate surface area is 215 Å². The molecule has 0 N–H and O–H groups in total. The molecule has 0 amide bonds. The Balaban J connectivity index is 1.61. The van der Waals surface area contributed by atoms with Gasteiger partial charge in [0, 0.05) is 51.9 Å². The van der Waals surface area contributed by atoms with Gasteiger partial charge in [-0.1, -0.05) is 11.6 Å². The topological polar surface area (TPSA) is 91.0 Å². The first kappa shape index (κ1) is 24.7. The fraction of sp³-hybridized carbons (Fsp3) is 0.318. The Morgan fingerprint density at radius 3 is 2.69 bits per heavy atom. The maximum Gasteiger partial charge on any atom is 0.400 e. The Hall–Kier alpha value is -3.03. The van der Waals surface area contributed by atoms with Crippen molar-refractivity contribution in [1.29, 1.82) is 0 Å². The molecule has 1 saturated heterocycles. The van der Waals surface area contributed by atoms with Gasteiger partial charge in [0.25, 0.3) is 5.56 Å². The van der Waals surface area contributed by atoms with Crippen molar-refractivity contribution in [2.24, 2.45) is 7.05 Å². The fourth-order valence-electron chi connectivity index (χ4n) is 3.93. The summed E-state index contributed by atoms with van der Waals surface area (Å²) in [5.41, 5.74) is 0.441. The first-order valence-electron chi connectivity index (χ1n) is 10.7. The number of nitrogens with zero attached hydrogens (tertiary/aromatic N) is 7. The van der Waals surface area contributed by atoms with E-state index in [1.165, 1.54) is 29.1 Å². The van der Waals surface area contributed by atoms with Crippen LogP contribution < -0.4 is 10.5 Å². The zero-order valence-corrected chi connectivity index (χ0v) is 21.3. The normalized spacial score (nSPS) is 16.6. The van der Waals surface area contributed by atoms with Gasteiger partial charge < -0.3 is 9.64 Å². The Morgan fingerprint density at radius 1 is 1.22 bits per heavy atom. The number of hydrogen-bond acceptors (Lipinski definition) is 7. The average Bonchev–Trinajstić information content (AvgIpc) is 3.34. The highest BCUT2D eigenvalue weighted by molar-refractivity contribution is 9.09. The highest BCUT2D eigenvalue weighted by atomic mass is 79.9. The van der Waals surface area contributed by atoms with Gasteiger partial charge >= 0.3 is 4.96 Å². The number of aryl methyl sites for hydroxylation is 1. The van der Waals surface area contributed by atoms with Gasteiger partial charge in [0.05, 0.1) is 19.3 Å². The third kappa shape index (κ3) is 4.46. The monoisotopic (exact) mass is 583 g/mol. The Kier molecular flexibility index (Phi) is 6.25. The van der Waals surface area contributed by atoms with Crippen LogP contribution >= 0.6 is 27.5 Å². The highest BCUT2D eigenvalue weighted by Crippen LogP contribution is 2.33. The van der Waals surface area contributed by atoms with Crippen LogP contribution in [0.3, 0.4) is 0 Å². The molecule has 0 aliphatic carbocycles. The molecule has 3 aromatic heterocycles. The SMILES string of the molecule is Cc1nc2c(-c3ccc(Cl)cc3F)nc(N3CCOC(c4cnn(C(F)(F)Br)c4)C3)nc2c(=O)n1C. The summed E-state index contributed by atoms with van der Waals surface area (Å²) in [7, 11) is 1.57. The van der Waals surface area contributed by atoms with Gasteiger partial charge in [0.15, 0.2) is 5.52 Å². The Bertz CT molecular complexity index is 1540. The summed E-state index contributed by atoms with van der Waals surface area (Å²) in [4.78, 5) is 25.0. The van der Waals surface area contributed by atoms with Crippen molar-refractivity contribution in [3.63, 3.8) is 0 Å². The quantitative estimate of drug-likeness (QED) is 0.333. The zero-order valence-electron chi connectivity index (χ0n) is 18.9. The third-order valence-corrected chi connectivity index (χ3v) is 6.51. The molecule has 1 aliphatic rings. The van der Waals surface area contributed by atoms with Crippen LogP contribution in [0.4, 0.5) is 19.1 Å². The molecule has 5 rings (SSSR count). The van der Waals surface area contributed by atoms with Gasteiger partial charge in [-0.15, -0.1) is 0 Å². The number of fused-ring (bicyclic) bond motifs is 1. The summed E-state index contributed by atoms with van der Waals surface area (Å²) in [5.74, 6) is -0.0656. The summed E-state index contributed by atoms with van der Waals surface area (Å²) >= 11 is 8.20. The molecule has 36 heavy (non-hydrogen) atoms. The van der Waals surface area contributed by atoms with Gasteiger partial charge in [-0.25, -0.2) is 19.3 Å². The molecule has 0 bridgehead atoms. The number of anilines is 1. The van der Waals surface area contributed by atoms with Crippen molar-refractivity contribution in [3.8, 4) is 11.3 Å². The van der Waals surface area contributed by atoms with Gasteiger partial charge in [0.1, 0.15) is 29.0 Å². The molecule has 1 aromatic carbocycles. The number of ether oxygens (including phenoxy) is 1. The lowest BCUT2D eigenvalue weighted by Gasteiger charge is -2.32. The number of hydrogen-bond donors (Lipinski definition) is 0. The van der Waals surface area contributed by atoms with Crippen LogP contribution in [0.25, 0.3) is 22.3 Å². The van der Waals surface area contributed by atoms with Crippen molar-refractivity contribution in [2.45, 2.75) is 18.0 Å². The average molecular weight is 585 g/mol. The number of aromatic nitrogens is 6. The van der Waals surface area contributed by atoms with E-state index in [0.29, 0.717) is 22.6 Å². The molecule has 4 heterocycles. The van der Waals surface area contributed by atoms with E-state index in [9.17, 15) is 18.0 Å². The lowest BCUT2D eigenvalue weighted by Crippen LogP contribution is -2.39. The first-order chi connectivity index (χ1) is 17.0. The van der Waals surface area contributed by atoms with Crippen molar-refractivity contribution in [3.05, 3.63) is 63.2 Å². The van der Waals surface area contributed by atoms with E-state index in [2.05, 4.69) is 36.0 Å². The van der Waals surface area contributed by atoms with E-state index in [0.717, 1.165) is 6.07 Å². The summed E-state index contributed by atoms with van der Waals surface area (Å²) < 4.78 is 49.6. The number of morpholine rings is 1. The van der Waals surface area contributed by atoms with E-state index in [1.807, 2.05) is 0 Å². The summed E-state index contributed by atoms with van der Waals surface area (Å²) in [6, 6.07) is 4.14. The van der Waals surface area contributed by atoms with Gasteiger partial charge in [-0.2, -0.15) is 18.6 Å². The second-order valence-corrected chi connectivity index (χ2v) is 9.60. The van der Waals surface area contributed by atoms with E-state index in [4.69, 9.17) is 16.3 Å². The van der Waals surface area contributed by atoms with E-state index < -0.39 is 22.4 Å². The van der Waals surface area contributed by atoms with Crippen LogP contribution in [0.1, 0.15) is 17.5 Å². The van der Waals surface area contributed by atoms with Crippen LogP contribution in [-0.2, 0) is 16.7 Å². The number of alkyl halides is 3. The standard InChI is InChI=1S/C22H18BrClF3N7O2/c1-11-29-18-17(14-4-3-13(24)7-15(14)25)30-21(31-19(18)20(35)32(11)2)33-5-6-36-16(10-33)12-8-28-34(9-12)22(23,26)27/h3-4,7-9,16H,5-6,10H2,1-2H3. The minimum atomic E-state index is -3.34. The molecule has 188 valence electrons. The molecule has 9 nitrogen and oxygen atoms in total. The maximum atomic E-state index is 14.9. The molecule has 4 aromatic rings. The fourth-order valence-corrected chi connectivity index (χ4v) is 4.28. The van der Waals surface area contributed by atoms with E-state index in [-0.39, 0.29) is 46.4 Å². The minimum Gasteiger partial charge on any atom is -0.370 e. The van der Waals surface area contributed by atoms with Gasteiger partial charge in [-0.05, 0) is 25.1 Å². The van der Waals surface area contributed by atoms with Crippen LogP contribution in [0.2, 0.25) is 5.02 Å². The predicted molar refractivity (Wildman–Crippen MR) is 130 cm³/mol. The van der Waals surface area contributed by atoms with E-state index in [1.54, 1.807) is 18.9 Å². The summed E-state index contributed by atoms with van der Waals surface area (Å²) in [6.07, 6.45) is 1.86. The van der Waals surface area contributed by atoms with Crippen molar-refractivity contribution >= 4 is 44.5 Å². The molecule has 1 atom stereocenters. The zero-order chi connectivity index (χ0) is 25.8. The van der Waals surface area contributed by atoms with Crippen molar-refractivity contribution in [1.82, 2.24) is 29.3 Å². The molecule has 1 unspecified atom stereocenters. The Morgan fingerprint density at radius 2 is 2.00 bits per heavy atom. The third-order valence-electron chi connectivity index (χ3n) is 5.91. The number of rotatable bonds is 4. The van der Waals surface area contributed by atoms with Crippen molar-refractivity contribution in [2.75, 3.05) is 24.6 Å². The number of benzene rings is 1. The van der Waals surface area contributed by atoms with Crippen LogP contribution in [0.15, 0.2) is 35.4 Å². The molecule has 14 heteroatoms. The van der Waals surface area contributed by atoms with Gasteiger partial charge in [-0.3, -0.25) is 9.36 Å². The van der Waals surface area contributed by atoms with Gasteiger partial charge in [0.2, 0.25) is 5.95 Å². The van der Waals surface area contributed by atoms with Crippen LogP contribution in [0.5, 0.6) is 0 Å². The molecule has 0 radical (unpaired) electrons. The molecule has 1 aliphatic heterocycles. The summed E-state index contributed by atoms with van der Waals surface area (Å²) in [5, 5.41) is 3.90. The molecular weight excluding hydrogens is 567 g/mol. The van der Waals surface area contributed by atoms with Crippen LogP contribution in [-0.4, -0.2) is 49.0 Å². The lowest BCUT2D eigenvalue weighted by atomic mass is 10.1. The second kappa shape index (κ2) is 9.12. The lowest BCUT2D eigenvalue weighted by molar-refractivity contribution is 0.0185. The largest absolute Gasteiger partial charge is 0.400 e. The first-order valence-corrected chi connectivity index (χ1v) is 11.9. The number of halogens is 5. The minimum absolute atomic E-state index is 0.0206. The maximum absolute atomic E-state index is 14.9. The predicted octanol–water partition coefficient (Wildman–Crippen LogP) is 4.17. The highest BCUT2D eigenvalue weighted by Gasteiger charge is 2.31. The summed E-state index contributed by atoms with van der Waals surface area (Å²) in [6.45, 7) is 2.43. The molecular formula is C22H18BrClF3N7O2. The van der Waals surface area contributed by atoms with Crippen LogP contribution in [0, 0.1) is 12.7 Å². The molecule has 1 fully saturated rings. The van der Waals surface area contributed by atoms with Crippen molar-refractivity contribution < 1.29 is 17.9 Å². The molecule has 0 saturated carbocycles. The molecule has 0 spiro atoms.